The predicted octanol–water partition coefficient (Wildman–Crippen LogP) is 1.95. The lowest BCUT2D eigenvalue weighted by atomic mass is 10.1. The lowest BCUT2D eigenvalue weighted by Gasteiger charge is -2.33. The molecule has 0 unspecified atom stereocenters. The van der Waals surface area contributed by atoms with Gasteiger partial charge in [0.1, 0.15) is 10.6 Å². The van der Waals surface area contributed by atoms with E-state index in [0.717, 1.165) is 45.0 Å². The zero-order valence-corrected chi connectivity index (χ0v) is 21.0. The molecule has 2 aromatic rings. The molecule has 2 heterocycles. The van der Waals surface area contributed by atoms with Crippen molar-refractivity contribution in [2.24, 2.45) is 0 Å². The van der Waals surface area contributed by atoms with Gasteiger partial charge in [0.05, 0.1) is 18.5 Å². The van der Waals surface area contributed by atoms with E-state index in [1.807, 2.05) is 13.1 Å². The van der Waals surface area contributed by atoms with E-state index >= 15 is 0 Å². The number of carbonyl (C=O) groups excluding carboxylic acids is 1. The first-order valence-corrected chi connectivity index (χ1v) is 13.1. The van der Waals surface area contributed by atoms with Gasteiger partial charge in [-0.1, -0.05) is 11.6 Å². The molecular formula is C23H30ClN5O4S. The van der Waals surface area contributed by atoms with E-state index in [1.165, 1.54) is 19.2 Å². The number of benzene rings is 2. The number of likely N-dealkylation sites (N-methyl/N-ethyl adjacent to an activating group) is 1. The van der Waals surface area contributed by atoms with Gasteiger partial charge in [0.15, 0.2) is 0 Å². The van der Waals surface area contributed by atoms with E-state index in [9.17, 15) is 13.2 Å². The van der Waals surface area contributed by atoms with Crippen LogP contribution in [-0.4, -0.2) is 90.6 Å². The van der Waals surface area contributed by atoms with Crippen molar-refractivity contribution in [2.45, 2.75) is 4.90 Å². The summed E-state index contributed by atoms with van der Waals surface area (Å²) in [6.07, 6.45) is 0. The van der Waals surface area contributed by atoms with Gasteiger partial charge < -0.3 is 24.8 Å². The van der Waals surface area contributed by atoms with Crippen LogP contribution >= 0.6 is 11.6 Å². The smallest absolute Gasteiger partial charge is 0.265 e. The summed E-state index contributed by atoms with van der Waals surface area (Å²) < 4.78 is 34.8. The van der Waals surface area contributed by atoms with Gasteiger partial charge >= 0.3 is 0 Å². The number of anilines is 2. The Bertz CT molecular complexity index is 1150. The van der Waals surface area contributed by atoms with Crippen LogP contribution in [0.15, 0.2) is 41.3 Å². The molecule has 0 radical (unpaired) electrons. The van der Waals surface area contributed by atoms with E-state index in [4.69, 9.17) is 16.3 Å². The molecule has 2 aliphatic heterocycles. The second-order valence-corrected chi connectivity index (χ2v) is 10.6. The Morgan fingerprint density at radius 3 is 2.41 bits per heavy atom. The molecule has 0 aromatic heterocycles. The summed E-state index contributed by atoms with van der Waals surface area (Å²) >= 11 is 6.08. The van der Waals surface area contributed by atoms with E-state index in [-0.39, 0.29) is 21.6 Å². The highest BCUT2D eigenvalue weighted by molar-refractivity contribution is 7.92. The number of carbonyl (C=O) groups is 1. The van der Waals surface area contributed by atoms with Crippen LogP contribution in [0, 0.1) is 0 Å². The first kappa shape index (κ1) is 24.6. The Labute approximate surface area is 205 Å². The molecule has 0 atom stereocenters. The molecule has 2 saturated heterocycles. The molecule has 2 N–H and O–H groups in total. The van der Waals surface area contributed by atoms with E-state index < -0.39 is 10.0 Å². The molecule has 0 aliphatic carbocycles. The average Bonchev–Trinajstić information content (AvgIpc) is 2.84. The zero-order chi connectivity index (χ0) is 24.3. The summed E-state index contributed by atoms with van der Waals surface area (Å²) in [5.74, 6) is 0.0750. The molecule has 1 amide bonds. The van der Waals surface area contributed by atoms with Crippen molar-refractivity contribution in [3.8, 4) is 5.75 Å². The van der Waals surface area contributed by atoms with Gasteiger partial charge in [-0.15, -0.1) is 0 Å². The molecule has 184 valence electrons. The minimum Gasteiger partial charge on any atom is -0.495 e. The Kier molecular flexibility index (Phi) is 7.51. The highest BCUT2D eigenvalue weighted by Gasteiger charge is 2.26. The third-order valence-corrected chi connectivity index (χ3v) is 7.77. The maximum atomic E-state index is 13.4. The molecule has 9 nitrogen and oxygen atoms in total. The molecule has 2 aromatic carbocycles. The fourth-order valence-electron chi connectivity index (χ4n) is 4.18. The Hall–Kier alpha value is -2.53. The van der Waals surface area contributed by atoms with Crippen molar-refractivity contribution in [1.29, 1.82) is 0 Å². The monoisotopic (exact) mass is 507 g/mol. The molecule has 2 aliphatic rings. The van der Waals surface area contributed by atoms with Crippen molar-refractivity contribution < 1.29 is 17.9 Å². The highest BCUT2D eigenvalue weighted by atomic mass is 35.5. The zero-order valence-electron chi connectivity index (χ0n) is 19.4. The normalized spacial score (nSPS) is 17.5. The number of sulfonamides is 1. The third-order valence-electron chi connectivity index (χ3n) is 6.15. The van der Waals surface area contributed by atoms with Crippen molar-refractivity contribution in [3.63, 3.8) is 0 Å². The number of piperazine rings is 2. The standard InChI is InChI=1S/C23H30ClN5O4S/c1-27-11-13-29(14-12-27)23(30)17-3-5-20(28-9-7-25-8-10-28)19(15-17)26-34(31,32)22-16-18(24)4-6-21(22)33-2/h3-6,15-16,25-26H,7-14H2,1-2H3. The van der Waals surface area contributed by atoms with Crippen LogP contribution in [-0.2, 0) is 10.0 Å². The van der Waals surface area contributed by atoms with Gasteiger partial charge in [-0.05, 0) is 43.4 Å². The quantitative estimate of drug-likeness (QED) is 0.617. The van der Waals surface area contributed by atoms with Crippen molar-refractivity contribution in [2.75, 3.05) is 76.1 Å². The lowest BCUT2D eigenvalue weighted by Crippen LogP contribution is -2.47. The van der Waals surface area contributed by atoms with E-state index in [2.05, 4.69) is 19.8 Å². The summed E-state index contributed by atoms with van der Waals surface area (Å²) in [5.41, 5.74) is 1.52. The summed E-state index contributed by atoms with van der Waals surface area (Å²) in [4.78, 5) is 19.2. The summed E-state index contributed by atoms with van der Waals surface area (Å²) in [6, 6.07) is 9.67. The largest absolute Gasteiger partial charge is 0.495 e. The van der Waals surface area contributed by atoms with Gasteiger partial charge in [0.25, 0.3) is 15.9 Å². The summed E-state index contributed by atoms with van der Waals surface area (Å²) in [5, 5.41) is 3.58. The van der Waals surface area contributed by atoms with Crippen LogP contribution in [0.1, 0.15) is 10.4 Å². The molecule has 34 heavy (non-hydrogen) atoms. The van der Waals surface area contributed by atoms with Crippen LogP contribution in [0.2, 0.25) is 5.02 Å². The Morgan fingerprint density at radius 2 is 1.74 bits per heavy atom. The van der Waals surface area contributed by atoms with Gasteiger partial charge in [-0.3, -0.25) is 9.52 Å². The van der Waals surface area contributed by atoms with Crippen LogP contribution in [0.3, 0.4) is 0 Å². The van der Waals surface area contributed by atoms with E-state index in [0.29, 0.717) is 24.3 Å². The van der Waals surface area contributed by atoms with Crippen molar-refractivity contribution in [1.82, 2.24) is 15.1 Å². The molecule has 0 bridgehead atoms. The number of hydrogen-bond donors (Lipinski definition) is 2. The molecular weight excluding hydrogens is 478 g/mol. The molecule has 0 saturated carbocycles. The van der Waals surface area contributed by atoms with Gasteiger partial charge in [-0.25, -0.2) is 8.42 Å². The number of amides is 1. The maximum absolute atomic E-state index is 13.4. The maximum Gasteiger partial charge on any atom is 0.265 e. The van der Waals surface area contributed by atoms with Gasteiger partial charge in [0.2, 0.25) is 0 Å². The number of nitrogens with one attached hydrogen (secondary N) is 2. The first-order valence-electron chi connectivity index (χ1n) is 11.2. The summed E-state index contributed by atoms with van der Waals surface area (Å²) in [7, 11) is -0.612. The summed E-state index contributed by atoms with van der Waals surface area (Å²) in [6.45, 7) is 5.90. The van der Waals surface area contributed by atoms with Crippen LogP contribution < -0.4 is 19.7 Å². The molecule has 11 heteroatoms. The second kappa shape index (κ2) is 10.4. The van der Waals surface area contributed by atoms with Crippen molar-refractivity contribution in [3.05, 3.63) is 47.0 Å². The van der Waals surface area contributed by atoms with Gasteiger partial charge in [0, 0.05) is 62.9 Å². The first-order chi connectivity index (χ1) is 16.3. The van der Waals surface area contributed by atoms with Crippen LogP contribution in [0.25, 0.3) is 0 Å². The number of halogens is 1. The average molecular weight is 508 g/mol. The fraction of sp³-hybridized carbons (Fsp3) is 0.435. The fourth-order valence-corrected chi connectivity index (χ4v) is 5.68. The number of nitrogens with zero attached hydrogens (tertiary/aromatic N) is 3. The SMILES string of the molecule is COc1ccc(Cl)cc1S(=O)(=O)Nc1cc(C(=O)N2CCN(C)CC2)ccc1N1CCNCC1. The molecule has 0 spiro atoms. The van der Waals surface area contributed by atoms with E-state index in [1.54, 1.807) is 23.1 Å². The highest BCUT2D eigenvalue weighted by Crippen LogP contribution is 2.33. The third kappa shape index (κ3) is 5.41. The predicted molar refractivity (Wildman–Crippen MR) is 134 cm³/mol. The minimum atomic E-state index is -4.05. The second-order valence-electron chi connectivity index (χ2n) is 8.47. The topological polar surface area (TPSA) is 94.2 Å². The van der Waals surface area contributed by atoms with Gasteiger partial charge in [-0.2, -0.15) is 0 Å². The number of hydrogen-bond acceptors (Lipinski definition) is 7. The number of methoxy groups -OCH3 is 1. The lowest BCUT2D eigenvalue weighted by molar-refractivity contribution is 0.0664. The number of rotatable bonds is 6. The van der Waals surface area contributed by atoms with Crippen LogP contribution in [0.5, 0.6) is 5.75 Å². The molecule has 4 rings (SSSR count). The molecule has 2 fully saturated rings. The minimum absolute atomic E-state index is 0.0652. The number of ether oxygens (including phenoxy) is 1. The van der Waals surface area contributed by atoms with Crippen molar-refractivity contribution >= 4 is 38.9 Å². The Morgan fingerprint density at radius 1 is 1.03 bits per heavy atom. The Balaban J connectivity index is 1.70. The van der Waals surface area contributed by atoms with Crippen LogP contribution in [0.4, 0.5) is 11.4 Å².